The van der Waals surface area contributed by atoms with E-state index in [-0.39, 0.29) is 29.2 Å². The largest absolute Gasteiger partial charge is 0.490 e. The van der Waals surface area contributed by atoms with Crippen molar-refractivity contribution in [2.24, 2.45) is 17.8 Å². The average molecular weight is 720 g/mol. The number of anilines is 1. The summed E-state index contributed by atoms with van der Waals surface area (Å²) in [6.45, 7) is 4.75. The third-order valence-corrected chi connectivity index (χ3v) is 15.3. The molecule has 13 heteroatoms. The maximum atomic E-state index is 13.5. The molecule has 2 aromatic rings. The first-order valence-electron chi connectivity index (χ1n) is 16.7. The molecule has 4 aliphatic rings. The topological polar surface area (TPSA) is 133 Å². The third-order valence-electron chi connectivity index (χ3n) is 11.2. The Hall–Kier alpha value is -2.64. The van der Waals surface area contributed by atoms with E-state index < -0.39 is 48.5 Å². The molecule has 10 nitrogen and oxygen atoms in total. The number of allylic oxidation sites excluding steroid dienone is 1. The van der Waals surface area contributed by atoms with Crippen LogP contribution in [0.25, 0.3) is 0 Å². The van der Waals surface area contributed by atoms with Crippen LogP contribution in [0.4, 0.5) is 5.69 Å². The number of halogens is 1. The second kappa shape index (κ2) is 12.9. The molecule has 2 aromatic carbocycles. The highest BCUT2D eigenvalue weighted by atomic mass is 35.5. The molecule has 2 N–H and O–H groups in total. The lowest BCUT2D eigenvalue weighted by atomic mass is 9.64. The number of rotatable bonds is 3. The monoisotopic (exact) mass is 719 g/mol. The number of nitrogens with one attached hydrogen (secondary N) is 1. The molecular formula is C35H46ClN3O7S2. The predicted molar refractivity (Wildman–Crippen MR) is 188 cm³/mol. The van der Waals surface area contributed by atoms with Gasteiger partial charge in [0.2, 0.25) is 20.0 Å². The smallest absolute Gasteiger partial charge is 0.264 e. The fraction of sp³-hybridized carbons (Fsp3) is 0.571. The zero-order valence-corrected chi connectivity index (χ0v) is 30.4. The molecule has 0 unspecified atom stereocenters. The van der Waals surface area contributed by atoms with E-state index in [1.54, 1.807) is 44.2 Å². The average Bonchev–Trinajstić information content (AvgIpc) is 3.14. The van der Waals surface area contributed by atoms with E-state index in [2.05, 4.69) is 15.7 Å². The van der Waals surface area contributed by atoms with Crippen LogP contribution in [-0.4, -0.2) is 82.6 Å². The number of hydrogen-bond acceptors (Lipinski definition) is 8. The van der Waals surface area contributed by atoms with E-state index in [0.717, 1.165) is 30.0 Å². The summed E-state index contributed by atoms with van der Waals surface area (Å²) in [5.74, 6) is -1.45. The molecule has 0 saturated heterocycles. The van der Waals surface area contributed by atoms with Gasteiger partial charge in [-0.05, 0) is 105 Å². The Balaban J connectivity index is 1.47. The van der Waals surface area contributed by atoms with Gasteiger partial charge in [0.25, 0.3) is 5.91 Å². The number of ether oxygens (including phenoxy) is 1. The van der Waals surface area contributed by atoms with Crippen molar-refractivity contribution in [1.82, 2.24) is 9.03 Å². The maximum absolute atomic E-state index is 13.5. The molecular weight excluding hydrogens is 674 g/mol. The number of amides is 1. The Kier molecular flexibility index (Phi) is 9.47. The van der Waals surface area contributed by atoms with Gasteiger partial charge in [-0.3, -0.25) is 4.79 Å². The first-order valence-corrected chi connectivity index (χ1v) is 20.2. The molecule has 2 heterocycles. The summed E-state index contributed by atoms with van der Waals surface area (Å²) >= 11 is 6.41. The van der Waals surface area contributed by atoms with Gasteiger partial charge in [0.1, 0.15) is 11.4 Å². The minimum atomic E-state index is -4.07. The van der Waals surface area contributed by atoms with E-state index in [9.17, 15) is 26.7 Å². The molecule has 6 rings (SSSR count). The zero-order chi connectivity index (χ0) is 34.6. The van der Waals surface area contributed by atoms with Crippen molar-refractivity contribution in [1.29, 1.82) is 0 Å². The SMILES string of the molecule is C[C@@H]1[C@@H](C)C/C=C/[C@](O)(CS(=O)(=O)N(C)C)[C@@H]2CC[C@H]2CN2C[C@@]3(CCCc4cc(Cl)ccc43)COc3ccc(cc32)C(=O)NS1(=O)=O. The summed E-state index contributed by atoms with van der Waals surface area (Å²) in [5.41, 5.74) is 1.16. The summed E-state index contributed by atoms with van der Waals surface area (Å²) in [4.78, 5) is 15.7. The molecule has 6 atom stereocenters. The maximum Gasteiger partial charge on any atom is 0.264 e. The third kappa shape index (κ3) is 6.63. The lowest BCUT2D eigenvalue weighted by molar-refractivity contribution is -0.0294. The van der Waals surface area contributed by atoms with Crippen molar-refractivity contribution >= 4 is 43.2 Å². The Morgan fingerprint density at radius 3 is 2.62 bits per heavy atom. The molecule has 262 valence electrons. The number of sulfonamides is 2. The highest BCUT2D eigenvalue weighted by molar-refractivity contribution is 7.90. The number of hydrogen-bond donors (Lipinski definition) is 2. The minimum Gasteiger partial charge on any atom is -0.490 e. The standard InChI is InChI=1S/C35H46ClN3O7S2/c1-23-7-5-16-35(41,22-47(42,43)38(3)4)30-12-9-27(30)19-39-20-34(15-6-8-25-17-28(36)11-13-29(25)34)21-46-32-14-10-26(18-31(32)39)33(40)37-48(44,45)24(23)2/h5,10-11,13-14,16-18,23-24,27,30,41H,6-9,12,15,19-22H2,1-4H3,(H,37,40)/b16-5+/t23-,24+,27-,30+,34-,35-/m0/s1. The fourth-order valence-corrected chi connectivity index (χ4v) is 10.6. The van der Waals surface area contributed by atoms with Crippen LogP contribution in [0.5, 0.6) is 5.75 Å². The van der Waals surface area contributed by atoms with Gasteiger partial charge in [0.15, 0.2) is 0 Å². The van der Waals surface area contributed by atoms with Crippen molar-refractivity contribution in [3.63, 3.8) is 0 Å². The number of fused-ring (bicyclic) bond motifs is 4. The second-order valence-electron chi connectivity index (χ2n) is 14.6. The first kappa shape index (κ1) is 35.2. The fourth-order valence-electron chi connectivity index (χ4n) is 7.95. The summed E-state index contributed by atoms with van der Waals surface area (Å²) in [6, 6.07) is 11.0. The molecule has 2 bridgehead atoms. The molecule has 1 fully saturated rings. The van der Waals surface area contributed by atoms with Crippen LogP contribution in [-0.2, 0) is 31.9 Å². The lowest BCUT2D eigenvalue weighted by Gasteiger charge is -2.49. The lowest BCUT2D eigenvalue weighted by Crippen LogP contribution is -2.55. The summed E-state index contributed by atoms with van der Waals surface area (Å²) in [6.07, 6.45) is 7.70. The second-order valence-corrected chi connectivity index (χ2v) is 19.2. The molecule has 2 aliphatic carbocycles. The normalized spacial score (nSPS) is 32.6. The van der Waals surface area contributed by atoms with Crippen LogP contribution in [0.1, 0.15) is 67.4 Å². The molecule has 1 spiro atoms. The van der Waals surface area contributed by atoms with Gasteiger partial charge in [-0.25, -0.2) is 25.9 Å². The molecule has 0 radical (unpaired) electrons. The number of benzene rings is 2. The van der Waals surface area contributed by atoms with Crippen LogP contribution in [0, 0.1) is 17.8 Å². The molecule has 0 aromatic heterocycles. The van der Waals surface area contributed by atoms with Gasteiger partial charge in [-0.2, -0.15) is 0 Å². The zero-order valence-electron chi connectivity index (χ0n) is 28.0. The Bertz CT molecular complexity index is 1830. The molecule has 2 aliphatic heterocycles. The van der Waals surface area contributed by atoms with Gasteiger partial charge in [0.05, 0.1) is 23.3 Å². The van der Waals surface area contributed by atoms with E-state index in [1.807, 2.05) is 12.1 Å². The summed E-state index contributed by atoms with van der Waals surface area (Å²) in [7, 11) is -4.95. The van der Waals surface area contributed by atoms with Gasteiger partial charge in [-0.15, -0.1) is 0 Å². The summed E-state index contributed by atoms with van der Waals surface area (Å²) < 4.78 is 63.1. The van der Waals surface area contributed by atoms with E-state index >= 15 is 0 Å². The van der Waals surface area contributed by atoms with Crippen LogP contribution < -0.4 is 14.4 Å². The Morgan fingerprint density at radius 1 is 1.15 bits per heavy atom. The Morgan fingerprint density at radius 2 is 1.92 bits per heavy atom. The first-order chi connectivity index (χ1) is 22.5. The van der Waals surface area contributed by atoms with Crippen molar-refractivity contribution in [3.8, 4) is 5.75 Å². The summed E-state index contributed by atoms with van der Waals surface area (Å²) in [5, 5.41) is 12.0. The van der Waals surface area contributed by atoms with Gasteiger partial charge in [0, 0.05) is 43.2 Å². The molecule has 1 saturated carbocycles. The Labute approximate surface area is 289 Å². The van der Waals surface area contributed by atoms with Gasteiger partial charge >= 0.3 is 0 Å². The predicted octanol–water partition coefficient (Wildman–Crippen LogP) is 4.51. The number of carbonyl (C=O) groups excluding carboxylic acids is 1. The van der Waals surface area contributed by atoms with Crippen molar-refractivity contribution in [2.75, 3.05) is 44.4 Å². The molecule has 1 amide bonds. The highest BCUT2D eigenvalue weighted by Gasteiger charge is 2.50. The van der Waals surface area contributed by atoms with Gasteiger partial charge in [-0.1, -0.05) is 36.7 Å². The highest BCUT2D eigenvalue weighted by Crippen LogP contribution is 2.48. The number of carbonyl (C=O) groups is 1. The molecule has 48 heavy (non-hydrogen) atoms. The van der Waals surface area contributed by atoms with Crippen LogP contribution in [0.15, 0.2) is 48.6 Å². The van der Waals surface area contributed by atoms with Crippen molar-refractivity contribution < 1.29 is 31.5 Å². The minimum absolute atomic E-state index is 0.0598. The van der Waals surface area contributed by atoms with Crippen LogP contribution in [0.3, 0.4) is 0 Å². The van der Waals surface area contributed by atoms with Crippen LogP contribution >= 0.6 is 11.6 Å². The van der Waals surface area contributed by atoms with E-state index in [4.69, 9.17) is 16.3 Å². The van der Waals surface area contributed by atoms with Crippen molar-refractivity contribution in [3.05, 3.63) is 70.3 Å². The van der Waals surface area contributed by atoms with E-state index in [1.165, 1.54) is 25.2 Å². The van der Waals surface area contributed by atoms with Gasteiger partial charge < -0.3 is 14.7 Å². The number of nitrogens with zero attached hydrogens (tertiary/aromatic N) is 2. The number of aryl methyl sites for hydroxylation is 1. The van der Waals surface area contributed by atoms with Crippen molar-refractivity contribution in [2.45, 2.75) is 68.6 Å². The van der Waals surface area contributed by atoms with Crippen LogP contribution in [0.2, 0.25) is 5.02 Å². The van der Waals surface area contributed by atoms with E-state index in [0.29, 0.717) is 42.6 Å². The number of aliphatic hydroxyl groups is 1. The quantitative estimate of drug-likeness (QED) is 0.443.